The lowest BCUT2D eigenvalue weighted by atomic mass is 10.2. The standard InChI is InChI=1S/C16H21N3O2S/c1-19-10-3-4-13(19)9-11-22-16-18-17-15(21-16)12-5-7-14(20-2)8-6-12/h5-8,13H,3-4,9-11H2,1-2H3/t13-/m0/s1. The van der Waals surface area contributed by atoms with Gasteiger partial charge in [0.15, 0.2) is 0 Å². The fourth-order valence-corrected chi connectivity index (χ4v) is 3.55. The highest BCUT2D eigenvalue weighted by atomic mass is 32.2. The minimum absolute atomic E-state index is 0.558. The Balaban J connectivity index is 1.54. The summed E-state index contributed by atoms with van der Waals surface area (Å²) in [7, 11) is 3.86. The first kappa shape index (κ1) is 15.4. The molecule has 2 heterocycles. The van der Waals surface area contributed by atoms with E-state index < -0.39 is 0 Å². The number of methoxy groups -OCH3 is 1. The lowest BCUT2D eigenvalue weighted by Crippen LogP contribution is -2.25. The zero-order chi connectivity index (χ0) is 15.4. The van der Waals surface area contributed by atoms with Crippen LogP contribution in [0.5, 0.6) is 5.75 Å². The summed E-state index contributed by atoms with van der Waals surface area (Å²) >= 11 is 1.64. The molecule has 0 radical (unpaired) electrons. The summed E-state index contributed by atoms with van der Waals surface area (Å²) < 4.78 is 10.9. The van der Waals surface area contributed by atoms with Crippen molar-refractivity contribution in [2.75, 3.05) is 26.5 Å². The van der Waals surface area contributed by atoms with Crippen molar-refractivity contribution in [1.82, 2.24) is 15.1 Å². The molecule has 1 aliphatic heterocycles. The van der Waals surface area contributed by atoms with Crippen molar-refractivity contribution >= 4 is 11.8 Å². The van der Waals surface area contributed by atoms with Gasteiger partial charge in [0.1, 0.15) is 5.75 Å². The Hall–Kier alpha value is -1.53. The van der Waals surface area contributed by atoms with E-state index in [0.29, 0.717) is 17.2 Å². The van der Waals surface area contributed by atoms with Gasteiger partial charge in [-0.25, -0.2) is 0 Å². The number of thioether (sulfide) groups is 1. The van der Waals surface area contributed by atoms with E-state index in [1.807, 2.05) is 24.3 Å². The Bertz CT molecular complexity index is 600. The Kier molecular flexibility index (Phi) is 5.00. The molecule has 2 aromatic rings. The Morgan fingerprint density at radius 1 is 1.32 bits per heavy atom. The predicted octanol–water partition coefficient (Wildman–Crippen LogP) is 3.32. The molecule has 118 valence electrons. The molecule has 0 saturated carbocycles. The second kappa shape index (κ2) is 7.15. The van der Waals surface area contributed by atoms with Crippen LogP contribution in [0.15, 0.2) is 33.9 Å². The highest BCUT2D eigenvalue weighted by molar-refractivity contribution is 7.99. The third kappa shape index (κ3) is 3.62. The average molecular weight is 319 g/mol. The van der Waals surface area contributed by atoms with Gasteiger partial charge < -0.3 is 14.1 Å². The third-order valence-corrected chi connectivity index (χ3v) is 4.94. The van der Waals surface area contributed by atoms with Crippen LogP contribution in [0.2, 0.25) is 0 Å². The van der Waals surface area contributed by atoms with Gasteiger partial charge in [0.05, 0.1) is 7.11 Å². The molecular formula is C16H21N3O2S. The highest BCUT2D eigenvalue weighted by Crippen LogP contribution is 2.26. The van der Waals surface area contributed by atoms with Crippen LogP contribution in [0.3, 0.4) is 0 Å². The lowest BCUT2D eigenvalue weighted by molar-refractivity contribution is 0.305. The van der Waals surface area contributed by atoms with Crippen LogP contribution in [0.25, 0.3) is 11.5 Å². The summed E-state index contributed by atoms with van der Waals surface area (Å²) in [5.41, 5.74) is 0.913. The van der Waals surface area contributed by atoms with E-state index in [2.05, 4.69) is 22.1 Å². The number of benzene rings is 1. The van der Waals surface area contributed by atoms with Gasteiger partial charge in [0.25, 0.3) is 5.22 Å². The summed E-state index contributed by atoms with van der Waals surface area (Å²) in [4.78, 5) is 2.44. The molecule has 0 unspecified atom stereocenters. The number of likely N-dealkylation sites (tertiary alicyclic amines) is 1. The van der Waals surface area contributed by atoms with Gasteiger partial charge in [0.2, 0.25) is 5.89 Å². The maximum Gasteiger partial charge on any atom is 0.276 e. The van der Waals surface area contributed by atoms with Crippen LogP contribution >= 0.6 is 11.8 Å². The molecule has 1 aliphatic rings. The van der Waals surface area contributed by atoms with E-state index in [1.165, 1.54) is 25.8 Å². The van der Waals surface area contributed by atoms with Crippen molar-refractivity contribution in [3.05, 3.63) is 24.3 Å². The molecule has 0 spiro atoms. The summed E-state index contributed by atoms with van der Waals surface area (Å²) in [6.45, 7) is 1.22. The highest BCUT2D eigenvalue weighted by Gasteiger charge is 2.20. The van der Waals surface area contributed by atoms with Crippen LogP contribution in [-0.2, 0) is 0 Å². The fraction of sp³-hybridized carbons (Fsp3) is 0.500. The Morgan fingerprint density at radius 2 is 2.14 bits per heavy atom. The number of ether oxygens (including phenoxy) is 1. The van der Waals surface area contributed by atoms with E-state index in [1.54, 1.807) is 18.9 Å². The lowest BCUT2D eigenvalue weighted by Gasteiger charge is -2.18. The quantitative estimate of drug-likeness (QED) is 0.761. The second-order valence-corrected chi connectivity index (χ2v) is 6.56. The third-order valence-electron chi connectivity index (χ3n) is 4.09. The van der Waals surface area contributed by atoms with E-state index in [9.17, 15) is 0 Å². The van der Waals surface area contributed by atoms with Crippen LogP contribution < -0.4 is 4.74 Å². The van der Waals surface area contributed by atoms with Crippen molar-refractivity contribution in [1.29, 1.82) is 0 Å². The van der Waals surface area contributed by atoms with Crippen LogP contribution in [0.1, 0.15) is 19.3 Å². The molecule has 1 aromatic carbocycles. The van der Waals surface area contributed by atoms with E-state index >= 15 is 0 Å². The van der Waals surface area contributed by atoms with Crippen molar-refractivity contribution in [3.63, 3.8) is 0 Å². The van der Waals surface area contributed by atoms with Gasteiger partial charge in [-0.2, -0.15) is 0 Å². The first-order chi connectivity index (χ1) is 10.8. The van der Waals surface area contributed by atoms with Gasteiger partial charge in [-0.05, 0) is 57.1 Å². The predicted molar refractivity (Wildman–Crippen MR) is 87.3 cm³/mol. The summed E-state index contributed by atoms with van der Waals surface area (Å²) in [5, 5.41) is 8.88. The molecule has 5 nitrogen and oxygen atoms in total. The van der Waals surface area contributed by atoms with Gasteiger partial charge in [-0.15, -0.1) is 10.2 Å². The van der Waals surface area contributed by atoms with Crippen LogP contribution in [0.4, 0.5) is 0 Å². The molecule has 1 fully saturated rings. The first-order valence-electron chi connectivity index (χ1n) is 7.57. The first-order valence-corrected chi connectivity index (χ1v) is 8.56. The molecule has 1 saturated heterocycles. The Morgan fingerprint density at radius 3 is 2.82 bits per heavy atom. The monoisotopic (exact) mass is 319 g/mol. The van der Waals surface area contributed by atoms with Gasteiger partial charge in [0, 0.05) is 17.4 Å². The molecule has 0 bridgehead atoms. The zero-order valence-electron chi connectivity index (χ0n) is 13.0. The van der Waals surface area contributed by atoms with Crippen molar-refractivity contribution in [3.8, 4) is 17.2 Å². The Labute approximate surface area is 135 Å². The summed E-state index contributed by atoms with van der Waals surface area (Å²) in [6, 6.07) is 8.34. The van der Waals surface area contributed by atoms with Crippen molar-refractivity contribution in [2.24, 2.45) is 0 Å². The maximum absolute atomic E-state index is 5.72. The van der Waals surface area contributed by atoms with Crippen molar-refractivity contribution < 1.29 is 9.15 Å². The zero-order valence-corrected chi connectivity index (χ0v) is 13.8. The van der Waals surface area contributed by atoms with E-state index in [-0.39, 0.29) is 0 Å². The van der Waals surface area contributed by atoms with Gasteiger partial charge in [-0.3, -0.25) is 0 Å². The molecule has 22 heavy (non-hydrogen) atoms. The van der Waals surface area contributed by atoms with Crippen LogP contribution in [0, 0.1) is 0 Å². The van der Waals surface area contributed by atoms with E-state index in [0.717, 1.165) is 17.1 Å². The second-order valence-electron chi connectivity index (χ2n) is 5.52. The smallest absolute Gasteiger partial charge is 0.276 e. The molecular weight excluding hydrogens is 298 g/mol. The fourth-order valence-electron chi connectivity index (χ4n) is 2.74. The molecule has 1 aromatic heterocycles. The number of hydrogen-bond acceptors (Lipinski definition) is 6. The molecule has 0 N–H and O–H groups in total. The molecule has 6 heteroatoms. The molecule has 3 rings (SSSR count). The van der Waals surface area contributed by atoms with Gasteiger partial charge in [-0.1, -0.05) is 11.8 Å². The summed E-state index contributed by atoms with van der Waals surface area (Å²) in [6.07, 6.45) is 3.79. The average Bonchev–Trinajstić information content (AvgIpc) is 3.17. The molecule has 1 atom stereocenters. The maximum atomic E-state index is 5.72. The topological polar surface area (TPSA) is 51.4 Å². The number of aromatic nitrogens is 2. The van der Waals surface area contributed by atoms with Crippen LogP contribution in [-0.4, -0.2) is 47.6 Å². The number of hydrogen-bond donors (Lipinski definition) is 0. The molecule has 0 amide bonds. The van der Waals surface area contributed by atoms with E-state index in [4.69, 9.17) is 9.15 Å². The number of rotatable bonds is 6. The van der Waals surface area contributed by atoms with Crippen molar-refractivity contribution in [2.45, 2.75) is 30.5 Å². The summed E-state index contributed by atoms with van der Waals surface area (Å²) in [5.74, 6) is 2.39. The molecule has 0 aliphatic carbocycles. The minimum atomic E-state index is 0.558. The van der Waals surface area contributed by atoms with Gasteiger partial charge >= 0.3 is 0 Å². The largest absolute Gasteiger partial charge is 0.497 e. The number of nitrogens with zero attached hydrogens (tertiary/aromatic N) is 3. The minimum Gasteiger partial charge on any atom is -0.497 e. The normalized spacial score (nSPS) is 18.7. The SMILES string of the molecule is COc1ccc(-c2nnc(SCC[C@@H]3CCCN3C)o2)cc1.